The van der Waals surface area contributed by atoms with E-state index in [2.05, 4.69) is 10.7 Å². The average molecular weight is 327 g/mol. The van der Waals surface area contributed by atoms with Crippen molar-refractivity contribution in [3.8, 4) is 0 Å². The summed E-state index contributed by atoms with van der Waals surface area (Å²) >= 11 is 0. The molecule has 1 heterocycles. The van der Waals surface area contributed by atoms with Gasteiger partial charge in [-0.2, -0.15) is 0 Å². The fourth-order valence-electron chi connectivity index (χ4n) is 2.60. The van der Waals surface area contributed by atoms with Crippen LogP contribution in [0.1, 0.15) is 40.0 Å². The number of ether oxygens (including phenoxy) is 2. The van der Waals surface area contributed by atoms with Crippen LogP contribution in [0.3, 0.4) is 0 Å². The Kier molecular flexibility index (Phi) is 5.13. The number of carbonyl (C=O) groups is 3. The highest BCUT2D eigenvalue weighted by atomic mass is 16.6. The van der Waals surface area contributed by atoms with E-state index < -0.39 is 17.7 Å². The SMILES string of the molecule is COC(=O)[C@@H]1CC[C@@H]1NC(=O)[C@@H]1CCN1NC(=O)OC(C)(C)C. The van der Waals surface area contributed by atoms with Gasteiger partial charge in [0, 0.05) is 12.6 Å². The van der Waals surface area contributed by atoms with E-state index in [1.54, 1.807) is 25.8 Å². The Morgan fingerprint density at radius 2 is 1.83 bits per heavy atom. The van der Waals surface area contributed by atoms with E-state index >= 15 is 0 Å². The second kappa shape index (κ2) is 6.74. The second-order valence-corrected chi connectivity index (χ2v) is 6.93. The summed E-state index contributed by atoms with van der Waals surface area (Å²) in [5.41, 5.74) is 1.99. The minimum atomic E-state index is -0.591. The molecule has 1 saturated carbocycles. The van der Waals surface area contributed by atoms with Crippen LogP contribution in [0.2, 0.25) is 0 Å². The zero-order valence-electron chi connectivity index (χ0n) is 14.0. The number of methoxy groups -OCH3 is 1. The van der Waals surface area contributed by atoms with E-state index in [-0.39, 0.29) is 23.8 Å². The van der Waals surface area contributed by atoms with Gasteiger partial charge in [-0.3, -0.25) is 15.0 Å². The molecule has 0 bridgehead atoms. The van der Waals surface area contributed by atoms with Gasteiger partial charge in [0.1, 0.15) is 11.6 Å². The average Bonchev–Trinajstić information content (AvgIpc) is 2.37. The van der Waals surface area contributed by atoms with E-state index in [1.807, 2.05) is 0 Å². The number of nitrogens with one attached hydrogen (secondary N) is 2. The van der Waals surface area contributed by atoms with E-state index in [0.29, 0.717) is 13.0 Å². The van der Waals surface area contributed by atoms with Crippen LogP contribution in [0.5, 0.6) is 0 Å². The van der Waals surface area contributed by atoms with E-state index in [9.17, 15) is 14.4 Å². The lowest BCUT2D eigenvalue weighted by Gasteiger charge is -2.42. The molecule has 2 aliphatic rings. The standard InChI is InChI=1S/C15H25N3O5/c1-15(2,3)23-14(21)17-18-8-7-11(18)12(19)16-10-6-5-9(10)13(20)22-4/h9-11H,5-8H2,1-4H3,(H,16,19)(H,17,21)/t9-,10+,11+/m1/s1. The molecule has 23 heavy (non-hydrogen) atoms. The highest BCUT2D eigenvalue weighted by molar-refractivity contribution is 5.84. The number of esters is 1. The molecule has 2 rings (SSSR count). The third-order valence-electron chi connectivity index (χ3n) is 4.06. The Morgan fingerprint density at radius 3 is 2.26 bits per heavy atom. The molecule has 130 valence electrons. The fourth-order valence-corrected chi connectivity index (χ4v) is 2.60. The molecule has 1 aliphatic carbocycles. The highest BCUT2D eigenvalue weighted by Gasteiger charge is 2.42. The summed E-state index contributed by atoms with van der Waals surface area (Å²) in [6, 6.07) is -0.611. The van der Waals surface area contributed by atoms with Crippen molar-refractivity contribution in [3.63, 3.8) is 0 Å². The molecule has 0 aromatic carbocycles. The summed E-state index contributed by atoms with van der Waals surface area (Å²) in [6.45, 7) is 5.91. The molecule has 1 saturated heterocycles. The highest BCUT2D eigenvalue weighted by Crippen LogP contribution is 2.29. The maximum atomic E-state index is 12.3. The number of carbonyl (C=O) groups excluding carboxylic acids is 3. The lowest BCUT2D eigenvalue weighted by atomic mass is 9.79. The quantitative estimate of drug-likeness (QED) is 0.733. The van der Waals surface area contributed by atoms with Gasteiger partial charge in [0.25, 0.3) is 0 Å². The van der Waals surface area contributed by atoms with Crippen molar-refractivity contribution in [1.82, 2.24) is 15.8 Å². The Hall–Kier alpha value is -1.83. The molecule has 2 amide bonds. The van der Waals surface area contributed by atoms with Gasteiger partial charge in [0.15, 0.2) is 0 Å². The van der Waals surface area contributed by atoms with E-state index in [1.165, 1.54) is 7.11 Å². The lowest BCUT2D eigenvalue weighted by Crippen LogP contribution is -2.65. The van der Waals surface area contributed by atoms with Gasteiger partial charge < -0.3 is 14.8 Å². The summed E-state index contributed by atoms with van der Waals surface area (Å²) < 4.78 is 9.88. The van der Waals surface area contributed by atoms with Crippen LogP contribution >= 0.6 is 0 Å². The number of hydrogen-bond donors (Lipinski definition) is 2. The number of rotatable bonds is 4. The molecule has 0 unspecified atom stereocenters. The Balaban J connectivity index is 1.79. The van der Waals surface area contributed by atoms with Crippen molar-refractivity contribution < 1.29 is 23.9 Å². The van der Waals surface area contributed by atoms with Crippen LogP contribution in [0.15, 0.2) is 0 Å². The van der Waals surface area contributed by atoms with Crippen LogP contribution < -0.4 is 10.7 Å². The summed E-state index contributed by atoms with van der Waals surface area (Å²) in [5.74, 6) is -0.749. The van der Waals surface area contributed by atoms with Gasteiger partial charge >= 0.3 is 12.1 Å². The zero-order chi connectivity index (χ0) is 17.2. The van der Waals surface area contributed by atoms with Gasteiger partial charge in [-0.15, -0.1) is 0 Å². The van der Waals surface area contributed by atoms with Gasteiger partial charge in [-0.1, -0.05) is 0 Å². The maximum absolute atomic E-state index is 12.3. The molecule has 1 aliphatic heterocycles. The largest absolute Gasteiger partial charge is 0.469 e. The van der Waals surface area contributed by atoms with Crippen molar-refractivity contribution in [2.75, 3.05) is 13.7 Å². The summed E-state index contributed by atoms with van der Waals surface area (Å²) in [4.78, 5) is 35.5. The summed E-state index contributed by atoms with van der Waals surface area (Å²) in [5, 5.41) is 4.41. The number of hydrogen-bond acceptors (Lipinski definition) is 6. The van der Waals surface area contributed by atoms with Gasteiger partial charge in [0.2, 0.25) is 5.91 Å². The van der Waals surface area contributed by atoms with Crippen molar-refractivity contribution >= 4 is 18.0 Å². The predicted molar refractivity (Wildman–Crippen MR) is 81.2 cm³/mol. The molecule has 2 fully saturated rings. The summed E-state index contributed by atoms with van der Waals surface area (Å²) in [6.07, 6.45) is 1.56. The van der Waals surface area contributed by atoms with E-state index in [4.69, 9.17) is 9.47 Å². The number of hydrazine groups is 1. The topological polar surface area (TPSA) is 97.0 Å². The van der Waals surface area contributed by atoms with Crippen molar-refractivity contribution in [3.05, 3.63) is 0 Å². The van der Waals surface area contributed by atoms with Crippen molar-refractivity contribution in [2.24, 2.45) is 5.92 Å². The van der Waals surface area contributed by atoms with Gasteiger partial charge in [0.05, 0.1) is 13.0 Å². The second-order valence-electron chi connectivity index (χ2n) is 6.93. The van der Waals surface area contributed by atoms with Crippen molar-refractivity contribution in [2.45, 2.75) is 57.7 Å². The number of amides is 2. The predicted octanol–water partition coefficient (Wildman–Crippen LogP) is 0.568. The molecule has 3 atom stereocenters. The molecule has 0 spiro atoms. The first kappa shape index (κ1) is 17.5. The number of nitrogens with zero attached hydrogens (tertiary/aromatic N) is 1. The van der Waals surface area contributed by atoms with Gasteiger partial charge in [-0.25, -0.2) is 9.80 Å². The molecule has 2 N–H and O–H groups in total. The van der Waals surface area contributed by atoms with Crippen LogP contribution in [0, 0.1) is 5.92 Å². The lowest BCUT2D eigenvalue weighted by molar-refractivity contribution is -0.151. The van der Waals surface area contributed by atoms with Gasteiger partial charge in [-0.05, 0) is 40.0 Å². The van der Waals surface area contributed by atoms with Crippen LogP contribution in [-0.2, 0) is 19.1 Å². The first-order chi connectivity index (χ1) is 10.7. The third kappa shape index (κ3) is 4.34. The van der Waals surface area contributed by atoms with Crippen LogP contribution in [0.25, 0.3) is 0 Å². The Labute approximate surface area is 135 Å². The normalized spacial score (nSPS) is 27.2. The minimum absolute atomic E-state index is 0.182. The van der Waals surface area contributed by atoms with Crippen molar-refractivity contribution in [1.29, 1.82) is 0 Å². The minimum Gasteiger partial charge on any atom is -0.469 e. The smallest absolute Gasteiger partial charge is 0.422 e. The third-order valence-corrected chi connectivity index (χ3v) is 4.06. The first-order valence-electron chi connectivity index (χ1n) is 7.86. The molecule has 0 aromatic heterocycles. The molecule has 0 radical (unpaired) electrons. The molecule has 0 aromatic rings. The van der Waals surface area contributed by atoms with Crippen LogP contribution in [-0.4, -0.2) is 54.3 Å². The Bertz CT molecular complexity index is 488. The van der Waals surface area contributed by atoms with E-state index in [0.717, 1.165) is 12.8 Å². The Morgan fingerprint density at radius 1 is 1.13 bits per heavy atom. The zero-order valence-corrected chi connectivity index (χ0v) is 14.0. The molecular formula is C15H25N3O5. The molecule has 8 heteroatoms. The first-order valence-corrected chi connectivity index (χ1v) is 7.86. The summed E-state index contributed by atoms with van der Waals surface area (Å²) in [7, 11) is 1.35. The monoisotopic (exact) mass is 327 g/mol. The molecular weight excluding hydrogens is 302 g/mol. The van der Waals surface area contributed by atoms with Crippen LogP contribution in [0.4, 0.5) is 4.79 Å². The molecule has 8 nitrogen and oxygen atoms in total. The fraction of sp³-hybridized carbons (Fsp3) is 0.800. The maximum Gasteiger partial charge on any atom is 0.422 e.